The minimum absolute atomic E-state index is 0.0553. The number of ether oxygens (including phenoxy) is 1. The van der Waals surface area contributed by atoms with Crippen LogP contribution in [0.25, 0.3) is 0 Å². The van der Waals surface area contributed by atoms with Crippen molar-refractivity contribution in [3.63, 3.8) is 0 Å². The molecule has 0 aromatic heterocycles. The summed E-state index contributed by atoms with van der Waals surface area (Å²) in [6.07, 6.45) is 4.66. The van der Waals surface area contributed by atoms with Gasteiger partial charge in [-0.1, -0.05) is 54.0 Å². The molecule has 1 atom stereocenters. The van der Waals surface area contributed by atoms with Crippen molar-refractivity contribution in [2.24, 2.45) is 0 Å². The van der Waals surface area contributed by atoms with Crippen molar-refractivity contribution in [3.8, 4) is 0 Å². The average Bonchev–Trinajstić information content (AvgIpc) is 2.38. The van der Waals surface area contributed by atoms with Gasteiger partial charge in [-0.05, 0) is 18.9 Å². The Kier molecular flexibility index (Phi) is 5.39. The fourth-order valence-electron chi connectivity index (χ4n) is 2.04. The van der Waals surface area contributed by atoms with Crippen LogP contribution in [0.2, 0.25) is 0 Å². The second kappa shape index (κ2) is 7.29. The third kappa shape index (κ3) is 5.03. The Hall–Kier alpha value is -1.36. The number of rotatable bonds is 5. The summed E-state index contributed by atoms with van der Waals surface area (Å²) < 4.78 is 10.9. The van der Waals surface area contributed by atoms with Gasteiger partial charge in [0, 0.05) is 0 Å². The minimum Gasteiger partial charge on any atom is -0.423 e. The smallest absolute Gasteiger partial charge is 0.423 e. The maximum absolute atomic E-state index is 9.44. The van der Waals surface area contributed by atoms with Gasteiger partial charge in [-0.3, -0.25) is 0 Å². The van der Waals surface area contributed by atoms with E-state index in [-0.39, 0.29) is 6.10 Å². The summed E-state index contributed by atoms with van der Waals surface area (Å²) in [4.78, 5) is 0. The lowest BCUT2D eigenvalue weighted by molar-refractivity contribution is 0.147. The maximum atomic E-state index is 9.44. The summed E-state index contributed by atoms with van der Waals surface area (Å²) in [6.45, 7) is 3.16. The van der Waals surface area contributed by atoms with Crippen LogP contribution in [0.1, 0.15) is 18.9 Å². The van der Waals surface area contributed by atoms with Gasteiger partial charge < -0.3 is 14.4 Å². The zero-order chi connectivity index (χ0) is 13.5. The van der Waals surface area contributed by atoms with Gasteiger partial charge in [0.15, 0.2) is 0 Å². The molecule has 3 nitrogen and oxygen atoms in total. The first-order valence-electron chi connectivity index (χ1n) is 6.53. The highest BCUT2D eigenvalue weighted by Gasteiger charge is 2.21. The summed E-state index contributed by atoms with van der Waals surface area (Å²) in [7, 11) is -0.784. The summed E-state index contributed by atoms with van der Waals surface area (Å²) in [6, 6.07) is 10.1. The van der Waals surface area contributed by atoms with Crippen molar-refractivity contribution < 1.29 is 14.4 Å². The van der Waals surface area contributed by atoms with Crippen LogP contribution in [-0.2, 0) is 16.0 Å². The Morgan fingerprint density at radius 2 is 2.21 bits per heavy atom. The van der Waals surface area contributed by atoms with Crippen LogP contribution >= 0.6 is 0 Å². The molecule has 2 rings (SSSR count). The molecule has 0 radical (unpaired) electrons. The predicted octanol–water partition coefficient (Wildman–Crippen LogP) is 2.51. The van der Waals surface area contributed by atoms with E-state index < -0.39 is 7.12 Å². The molecule has 0 bridgehead atoms. The second-order valence-corrected chi connectivity index (χ2v) is 4.71. The van der Waals surface area contributed by atoms with Crippen molar-refractivity contribution in [2.75, 3.05) is 6.61 Å². The zero-order valence-corrected chi connectivity index (χ0v) is 11.2. The lowest BCUT2D eigenvalue weighted by Crippen LogP contribution is -2.28. The highest BCUT2D eigenvalue weighted by atomic mass is 16.5. The molecule has 19 heavy (non-hydrogen) atoms. The van der Waals surface area contributed by atoms with E-state index >= 15 is 0 Å². The Labute approximate surface area is 114 Å². The van der Waals surface area contributed by atoms with Crippen LogP contribution in [0.15, 0.2) is 54.0 Å². The van der Waals surface area contributed by atoms with Crippen molar-refractivity contribution in [1.29, 1.82) is 0 Å². The Morgan fingerprint density at radius 3 is 2.95 bits per heavy atom. The first kappa shape index (κ1) is 14.1. The molecule has 0 aliphatic carbocycles. The molecular weight excluding hydrogens is 239 g/mol. The van der Waals surface area contributed by atoms with E-state index in [0.29, 0.717) is 13.2 Å². The van der Waals surface area contributed by atoms with Crippen LogP contribution in [-0.4, -0.2) is 24.9 Å². The molecule has 1 heterocycles. The van der Waals surface area contributed by atoms with Gasteiger partial charge >= 0.3 is 7.12 Å². The first-order chi connectivity index (χ1) is 9.24. The van der Waals surface area contributed by atoms with E-state index in [4.69, 9.17) is 9.39 Å². The molecule has 1 aromatic rings. The first-order valence-corrected chi connectivity index (χ1v) is 6.53. The monoisotopic (exact) mass is 258 g/mol. The van der Waals surface area contributed by atoms with Gasteiger partial charge in [-0.15, -0.1) is 0 Å². The zero-order valence-electron chi connectivity index (χ0n) is 11.2. The molecular formula is C15H19BO3. The third-order valence-corrected chi connectivity index (χ3v) is 2.94. The fourth-order valence-corrected chi connectivity index (χ4v) is 2.04. The summed E-state index contributed by atoms with van der Waals surface area (Å²) in [5.41, 5.74) is 2.32. The Balaban J connectivity index is 1.68. The highest BCUT2D eigenvalue weighted by molar-refractivity contribution is 6.49. The van der Waals surface area contributed by atoms with E-state index in [1.807, 2.05) is 49.4 Å². The largest absolute Gasteiger partial charge is 0.483 e. The lowest BCUT2D eigenvalue weighted by Gasteiger charge is -2.21. The highest BCUT2D eigenvalue weighted by Crippen LogP contribution is 2.16. The van der Waals surface area contributed by atoms with E-state index in [9.17, 15) is 5.02 Å². The van der Waals surface area contributed by atoms with Crippen LogP contribution in [0.4, 0.5) is 0 Å². The van der Waals surface area contributed by atoms with Gasteiger partial charge in [0.25, 0.3) is 0 Å². The van der Waals surface area contributed by atoms with E-state index in [1.54, 1.807) is 5.98 Å². The average molecular weight is 258 g/mol. The topological polar surface area (TPSA) is 38.7 Å². The molecule has 0 saturated carbocycles. The third-order valence-electron chi connectivity index (χ3n) is 2.94. The molecule has 4 heteroatoms. The van der Waals surface area contributed by atoms with Gasteiger partial charge in [0.1, 0.15) is 0 Å². The molecule has 100 valence electrons. The number of benzene rings is 1. The maximum Gasteiger partial charge on any atom is 0.483 e. The second-order valence-electron chi connectivity index (χ2n) is 4.71. The van der Waals surface area contributed by atoms with Crippen LogP contribution < -0.4 is 0 Å². The predicted molar refractivity (Wildman–Crippen MR) is 76.5 cm³/mol. The van der Waals surface area contributed by atoms with E-state index in [1.165, 1.54) is 5.56 Å². The van der Waals surface area contributed by atoms with Gasteiger partial charge in [-0.2, -0.15) is 0 Å². The van der Waals surface area contributed by atoms with Gasteiger partial charge in [0.2, 0.25) is 0 Å². The van der Waals surface area contributed by atoms with Gasteiger partial charge in [-0.25, -0.2) is 0 Å². The summed E-state index contributed by atoms with van der Waals surface area (Å²) in [5.74, 6) is 1.73. The molecule has 1 aromatic carbocycles. The molecule has 0 fully saturated rings. The standard InChI is InChI=1S/C15H19BO3/c1-13-10-15(19-16(17)11-13)8-5-9-18-12-14-6-3-2-4-7-14/h2-8,11,15,17H,9-10,12H2,1H3/b8-5+. The SMILES string of the molecule is CC1=CB(O)OC(/C=C/COCc2ccccc2)C1. The van der Waals surface area contributed by atoms with Crippen molar-refractivity contribution >= 4 is 7.12 Å². The molecule has 0 saturated heterocycles. The van der Waals surface area contributed by atoms with E-state index in [2.05, 4.69) is 0 Å². The van der Waals surface area contributed by atoms with Crippen molar-refractivity contribution in [3.05, 3.63) is 59.6 Å². The molecule has 1 N–H and O–H groups in total. The number of hydrogen-bond donors (Lipinski definition) is 1. The van der Waals surface area contributed by atoms with Crippen molar-refractivity contribution in [1.82, 2.24) is 0 Å². The van der Waals surface area contributed by atoms with Crippen molar-refractivity contribution in [2.45, 2.75) is 26.1 Å². The fraction of sp³-hybridized carbons (Fsp3) is 0.333. The van der Waals surface area contributed by atoms with Crippen LogP contribution in [0.3, 0.4) is 0 Å². The lowest BCUT2D eigenvalue weighted by atomic mass is 9.82. The normalized spacial score (nSPS) is 19.8. The van der Waals surface area contributed by atoms with Crippen LogP contribution in [0, 0.1) is 0 Å². The summed E-state index contributed by atoms with van der Waals surface area (Å²) in [5, 5.41) is 9.44. The number of hydrogen-bond acceptors (Lipinski definition) is 3. The minimum atomic E-state index is -0.784. The molecule has 0 amide bonds. The Morgan fingerprint density at radius 1 is 1.42 bits per heavy atom. The summed E-state index contributed by atoms with van der Waals surface area (Å²) >= 11 is 0. The van der Waals surface area contributed by atoms with E-state index in [0.717, 1.165) is 12.0 Å². The molecule has 1 aliphatic heterocycles. The molecule has 0 spiro atoms. The Bertz CT molecular complexity index is 442. The molecule has 1 aliphatic rings. The quantitative estimate of drug-likeness (QED) is 0.501. The van der Waals surface area contributed by atoms with Gasteiger partial charge in [0.05, 0.1) is 19.3 Å². The van der Waals surface area contributed by atoms with Crippen LogP contribution in [0.5, 0.6) is 0 Å². The molecule has 1 unspecified atom stereocenters.